The van der Waals surface area contributed by atoms with Crippen molar-refractivity contribution in [2.45, 2.75) is 12.8 Å². The lowest BCUT2D eigenvalue weighted by atomic mass is 9.85. The van der Waals surface area contributed by atoms with Gasteiger partial charge in [0, 0.05) is 10.5 Å². The number of hydrogen-bond acceptors (Lipinski definition) is 4. The van der Waals surface area contributed by atoms with E-state index >= 15 is 0 Å². The lowest BCUT2D eigenvalue weighted by molar-refractivity contribution is -0.122. The monoisotopic (exact) mass is 425 g/mol. The van der Waals surface area contributed by atoms with Crippen molar-refractivity contribution < 1.29 is 19.1 Å². The molecule has 0 saturated carbocycles. The average molecular weight is 426 g/mol. The fourth-order valence-corrected chi connectivity index (χ4v) is 3.76. The maximum absolute atomic E-state index is 12.7. The van der Waals surface area contributed by atoms with Crippen molar-refractivity contribution in [2.24, 2.45) is 11.8 Å². The van der Waals surface area contributed by atoms with Gasteiger partial charge in [-0.15, -0.1) is 0 Å². The zero-order valence-corrected chi connectivity index (χ0v) is 15.9. The van der Waals surface area contributed by atoms with Crippen molar-refractivity contribution in [3.05, 3.63) is 70.7 Å². The van der Waals surface area contributed by atoms with Gasteiger partial charge in [-0.1, -0.05) is 34.1 Å². The lowest BCUT2D eigenvalue weighted by Crippen LogP contribution is -2.30. The maximum atomic E-state index is 12.7. The van der Waals surface area contributed by atoms with Crippen LogP contribution in [0.2, 0.25) is 0 Å². The van der Waals surface area contributed by atoms with Gasteiger partial charge in [0.2, 0.25) is 11.8 Å². The van der Waals surface area contributed by atoms with Gasteiger partial charge in [-0.3, -0.25) is 9.59 Å². The van der Waals surface area contributed by atoms with Crippen molar-refractivity contribution in [3.63, 3.8) is 0 Å². The molecule has 1 aliphatic carbocycles. The van der Waals surface area contributed by atoms with Crippen molar-refractivity contribution >= 4 is 39.4 Å². The summed E-state index contributed by atoms with van der Waals surface area (Å²) in [6.07, 6.45) is 5.08. The molecule has 2 aliphatic rings. The predicted octanol–water partition coefficient (Wildman–Crippen LogP) is 4.12. The molecule has 1 heterocycles. The van der Waals surface area contributed by atoms with Crippen molar-refractivity contribution in [2.75, 3.05) is 4.90 Å². The summed E-state index contributed by atoms with van der Waals surface area (Å²) in [5.74, 6) is -1.19. The van der Waals surface area contributed by atoms with Gasteiger partial charge in [0.05, 0.1) is 23.1 Å². The molecular formula is C21H16BrNO4. The summed E-state index contributed by atoms with van der Waals surface area (Å²) in [6, 6.07) is 13.3. The van der Waals surface area contributed by atoms with E-state index in [1.807, 2.05) is 12.2 Å². The summed E-state index contributed by atoms with van der Waals surface area (Å²) in [5.41, 5.74) is 0.842. The third-order valence-electron chi connectivity index (χ3n) is 4.87. The van der Waals surface area contributed by atoms with Crippen LogP contribution in [0.15, 0.2) is 65.2 Å². The standard InChI is InChI=1S/C21H16BrNO4/c22-14-10-8-13(9-11-14)21(26)27-16-5-3-4-15(12-16)23-19(24)17-6-1-2-7-18(17)20(23)25/h1-5,8-12,17-18H,6-7H2/t17-,18-/m0/s1. The number of carbonyl (C=O) groups excluding carboxylic acids is 3. The van der Waals surface area contributed by atoms with E-state index in [9.17, 15) is 14.4 Å². The number of esters is 1. The van der Waals surface area contributed by atoms with E-state index in [0.717, 1.165) is 4.47 Å². The van der Waals surface area contributed by atoms with Crippen LogP contribution in [0.1, 0.15) is 23.2 Å². The van der Waals surface area contributed by atoms with Gasteiger partial charge in [-0.05, 0) is 49.2 Å². The Morgan fingerprint density at radius 2 is 1.59 bits per heavy atom. The third kappa shape index (κ3) is 3.32. The molecule has 0 radical (unpaired) electrons. The van der Waals surface area contributed by atoms with Crippen LogP contribution in [-0.2, 0) is 9.59 Å². The van der Waals surface area contributed by atoms with Crippen LogP contribution in [0.4, 0.5) is 5.69 Å². The normalized spacial score (nSPS) is 21.3. The van der Waals surface area contributed by atoms with Gasteiger partial charge >= 0.3 is 5.97 Å². The van der Waals surface area contributed by atoms with Gasteiger partial charge in [-0.25, -0.2) is 9.69 Å². The molecule has 0 bridgehead atoms. The topological polar surface area (TPSA) is 63.7 Å². The van der Waals surface area contributed by atoms with Crippen molar-refractivity contribution in [3.8, 4) is 5.75 Å². The molecular weight excluding hydrogens is 410 g/mol. The Morgan fingerprint density at radius 1 is 0.963 bits per heavy atom. The zero-order chi connectivity index (χ0) is 19.0. The first kappa shape index (κ1) is 17.7. The van der Waals surface area contributed by atoms with Crippen LogP contribution in [0, 0.1) is 11.8 Å². The second-order valence-electron chi connectivity index (χ2n) is 6.56. The first-order valence-corrected chi connectivity index (χ1v) is 9.44. The molecule has 1 aliphatic heterocycles. The van der Waals surface area contributed by atoms with Gasteiger partial charge in [0.15, 0.2) is 0 Å². The number of anilines is 1. The summed E-state index contributed by atoms with van der Waals surface area (Å²) in [5, 5.41) is 0. The Bertz CT molecular complexity index is 925. The number of imide groups is 1. The molecule has 2 aromatic rings. The molecule has 2 atom stereocenters. The number of amides is 2. The smallest absolute Gasteiger partial charge is 0.343 e. The molecule has 4 rings (SSSR count). The van der Waals surface area contributed by atoms with Crippen molar-refractivity contribution in [1.29, 1.82) is 0 Å². The van der Waals surface area contributed by atoms with Gasteiger partial charge in [-0.2, -0.15) is 0 Å². The van der Waals surface area contributed by atoms with Crippen LogP contribution in [0.5, 0.6) is 5.75 Å². The minimum atomic E-state index is -0.503. The Labute approximate surface area is 164 Å². The summed E-state index contributed by atoms with van der Waals surface area (Å²) < 4.78 is 6.28. The highest BCUT2D eigenvalue weighted by Gasteiger charge is 2.47. The van der Waals surface area contributed by atoms with E-state index in [1.54, 1.807) is 48.5 Å². The zero-order valence-electron chi connectivity index (χ0n) is 14.3. The number of halogens is 1. The van der Waals surface area contributed by atoms with Crippen LogP contribution in [0.25, 0.3) is 0 Å². The first-order chi connectivity index (χ1) is 13.0. The van der Waals surface area contributed by atoms with E-state index in [0.29, 0.717) is 24.1 Å². The second kappa shape index (κ2) is 7.12. The third-order valence-corrected chi connectivity index (χ3v) is 5.40. The summed E-state index contributed by atoms with van der Waals surface area (Å²) in [7, 11) is 0. The minimum absolute atomic E-state index is 0.189. The molecule has 136 valence electrons. The number of ether oxygens (including phenoxy) is 1. The second-order valence-corrected chi connectivity index (χ2v) is 7.48. The molecule has 6 heteroatoms. The molecule has 5 nitrogen and oxygen atoms in total. The first-order valence-electron chi connectivity index (χ1n) is 8.65. The number of fused-ring (bicyclic) bond motifs is 1. The highest BCUT2D eigenvalue weighted by atomic mass is 79.9. The number of carbonyl (C=O) groups is 3. The molecule has 27 heavy (non-hydrogen) atoms. The van der Waals surface area contributed by atoms with Gasteiger partial charge < -0.3 is 4.74 Å². The Morgan fingerprint density at radius 3 is 2.22 bits per heavy atom. The Balaban J connectivity index is 1.56. The number of benzene rings is 2. The number of nitrogens with zero attached hydrogens (tertiary/aromatic N) is 1. The molecule has 1 fully saturated rings. The highest BCUT2D eigenvalue weighted by molar-refractivity contribution is 9.10. The maximum Gasteiger partial charge on any atom is 0.343 e. The van der Waals surface area contributed by atoms with Crippen molar-refractivity contribution in [1.82, 2.24) is 0 Å². The lowest BCUT2D eigenvalue weighted by Gasteiger charge is -2.15. The molecule has 0 unspecified atom stereocenters. The quantitative estimate of drug-likeness (QED) is 0.321. The van der Waals surface area contributed by atoms with E-state index in [-0.39, 0.29) is 29.4 Å². The molecule has 0 spiro atoms. The summed E-state index contributed by atoms with van der Waals surface area (Å²) in [4.78, 5) is 38.9. The number of hydrogen-bond donors (Lipinski definition) is 0. The fraction of sp³-hybridized carbons (Fsp3) is 0.190. The van der Waals surface area contributed by atoms with Gasteiger partial charge in [0.25, 0.3) is 0 Å². The number of allylic oxidation sites excluding steroid dienone is 2. The Kier molecular flexibility index (Phi) is 4.66. The molecule has 0 N–H and O–H groups in total. The van der Waals surface area contributed by atoms with Crippen LogP contribution >= 0.6 is 15.9 Å². The minimum Gasteiger partial charge on any atom is -0.423 e. The van der Waals surface area contributed by atoms with E-state index < -0.39 is 5.97 Å². The molecule has 2 amide bonds. The predicted molar refractivity (Wildman–Crippen MR) is 103 cm³/mol. The average Bonchev–Trinajstić information content (AvgIpc) is 2.93. The number of rotatable bonds is 3. The van der Waals surface area contributed by atoms with Crippen LogP contribution in [0.3, 0.4) is 0 Å². The molecule has 0 aromatic heterocycles. The SMILES string of the molecule is O=C(Oc1cccc(N2C(=O)[C@H]3CC=CC[C@@H]3C2=O)c1)c1ccc(Br)cc1. The van der Waals surface area contributed by atoms with E-state index in [2.05, 4.69) is 15.9 Å². The summed E-state index contributed by atoms with van der Waals surface area (Å²) >= 11 is 3.32. The molecule has 2 aromatic carbocycles. The van der Waals surface area contributed by atoms with Crippen LogP contribution < -0.4 is 9.64 Å². The fourth-order valence-electron chi connectivity index (χ4n) is 3.49. The van der Waals surface area contributed by atoms with Crippen LogP contribution in [-0.4, -0.2) is 17.8 Å². The Hall–Kier alpha value is -2.73. The van der Waals surface area contributed by atoms with E-state index in [4.69, 9.17) is 4.74 Å². The van der Waals surface area contributed by atoms with E-state index in [1.165, 1.54) is 4.90 Å². The molecule has 1 saturated heterocycles. The highest BCUT2D eigenvalue weighted by Crippen LogP contribution is 2.38. The van der Waals surface area contributed by atoms with Gasteiger partial charge in [0.1, 0.15) is 5.75 Å². The largest absolute Gasteiger partial charge is 0.423 e. The summed E-state index contributed by atoms with van der Waals surface area (Å²) in [6.45, 7) is 0.